The molecule has 2 saturated heterocycles. The zero-order valence-electron chi connectivity index (χ0n) is 12.5. The molecule has 3 rings (SSSR count). The summed E-state index contributed by atoms with van der Waals surface area (Å²) in [5.74, 6) is -0.0253. The molecule has 7 heteroatoms. The van der Waals surface area contributed by atoms with E-state index in [-0.39, 0.29) is 18.1 Å². The fraction of sp³-hybridized carbons (Fsp3) is 0.714. The van der Waals surface area contributed by atoms with Gasteiger partial charge in [-0.3, -0.25) is 14.4 Å². The Bertz CT molecular complexity index is 547. The van der Waals surface area contributed by atoms with Gasteiger partial charge in [0.15, 0.2) is 0 Å². The van der Waals surface area contributed by atoms with E-state index in [1.165, 1.54) is 0 Å². The van der Waals surface area contributed by atoms with Gasteiger partial charge in [-0.25, -0.2) is 0 Å². The summed E-state index contributed by atoms with van der Waals surface area (Å²) in [6.45, 7) is 5.42. The van der Waals surface area contributed by atoms with Crippen LogP contribution in [0.2, 0.25) is 5.15 Å². The smallest absolute Gasteiger partial charge is 0.246 e. The van der Waals surface area contributed by atoms with E-state index in [4.69, 9.17) is 16.3 Å². The highest BCUT2D eigenvalue weighted by molar-refractivity contribution is 6.30. The van der Waals surface area contributed by atoms with Crippen LogP contribution in [0.25, 0.3) is 0 Å². The number of carbonyl (C=O) groups is 1. The molecule has 0 bridgehead atoms. The molecule has 1 spiro atoms. The van der Waals surface area contributed by atoms with Gasteiger partial charge in [0.25, 0.3) is 0 Å². The van der Waals surface area contributed by atoms with Gasteiger partial charge in [0.1, 0.15) is 11.8 Å². The fourth-order valence-electron chi connectivity index (χ4n) is 3.17. The van der Waals surface area contributed by atoms with Gasteiger partial charge < -0.3 is 10.1 Å². The van der Waals surface area contributed by atoms with E-state index in [0.29, 0.717) is 11.7 Å². The Morgan fingerprint density at radius 2 is 2.33 bits per heavy atom. The summed E-state index contributed by atoms with van der Waals surface area (Å²) >= 11 is 6.35. The van der Waals surface area contributed by atoms with Crippen LogP contribution in [0.3, 0.4) is 0 Å². The first-order valence-corrected chi connectivity index (χ1v) is 7.74. The summed E-state index contributed by atoms with van der Waals surface area (Å²) in [7, 11) is 1.87. The summed E-state index contributed by atoms with van der Waals surface area (Å²) in [6, 6.07) is 0. The van der Waals surface area contributed by atoms with Gasteiger partial charge in [0, 0.05) is 38.8 Å². The number of halogens is 1. The highest BCUT2D eigenvalue weighted by atomic mass is 35.5. The maximum atomic E-state index is 11.2. The lowest BCUT2D eigenvalue weighted by molar-refractivity contribution is -0.142. The van der Waals surface area contributed by atoms with E-state index >= 15 is 0 Å². The number of hydrogen-bond acceptors (Lipinski definition) is 4. The van der Waals surface area contributed by atoms with Crippen LogP contribution in [0.5, 0.6) is 0 Å². The number of rotatable bonds is 3. The molecule has 0 aliphatic carbocycles. The van der Waals surface area contributed by atoms with Gasteiger partial charge in [-0.1, -0.05) is 18.5 Å². The molecule has 2 aliphatic rings. The Kier molecular flexibility index (Phi) is 3.94. The van der Waals surface area contributed by atoms with E-state index in [1.807, 2.05) is 7.05 Å². The van der Waals surface area contributed by atoms with Crippen LogP contribution >= 0.6 is 11.6 Å². The molecule has 1 unspecified atom stereocenters. The first-order valence-electron chi connectivity index (χ1n) is 7.36. The molecule has 1 aromatic rings. The Balaban J connectivity index is 1.69. The van der Waals surface area contributed by atoms with Crippen LogP contribution < -0.4 is 5.32 Å². The van der Waals surface area contributed by atoms with Crippen molar-refractivity contribution in [3.05, 3.63) is 16.4 Å². The van der Waals surface area contributed by atoms with E-state index < -0.39 is 0 Å². The van der Waals surface area contributed by atoms with Crippen LogP contribution in [0.1, 0.15) is 24.6 Å². The number of morpholine rings is 1. The molecule has 0 aromatic carbocycles. The van der Waals surface area contributed by atoms with Gasteiger partial charge in [-0.2, -0.15) is 5.10 Å². The topological polar surface area (TPSA) is 59.4 Å². The third-order valence-corrected chi connectivity index (χ3v) is 4.85. The molecule has 3 heterocycles. The second-order valence-corrected chi connectivity index (χ2v) is 6.26. The fourth-order valence-corrected chi connectivity index (χ4v) is 3.38. The average molecular weight is 313 g/mol. The van der Waals surface area contributed by atoms with Crippen molar-refractivity contribution in [1.29, 1.82) is 0 Å². The number of carbonyl (C=O) groups excluding carboxylic acids is 1. The van der Waals surface area contributed by atoms with Crippen LogP contribution in [0.15, 0.2) is 0 Å². The molecule has 116 valence electrons. The summed E-state index contributed by atoms with van der Waals surface area (Å²) in [6.07, 6.45) is 1.81. The van der Waals surface area contributed by atoms with Gasteiger partial charge in [0.2, 0.25) is 5.91 Å². The van der Waals surface area contributed by atoms with Crippen LogP contribution in [-0.4, -0.2) is 52.4 Å². The third-order valence-electron chi connectivity index (χ3n) is 4.38. The summed E-state index contributed by atoms with van der Waals surface area (Å²) in [5.41, 5.74) is 1.94. The van der Waals surface area contributed by atoms with E-state index in [0.717, 1.165) is 43.7 Å². The van der Waals surface area contributed by atoms with E-state index in [9.17, 15) is 4.79 Å². The predicted octanol–water partition coefficient (Wildman–Crippen LogP) is 0.727. The number of ether oxygens (including phenoxy) is 1. The minimum Gasteiger partial charge on any atom is -0.362 e. The lowest BCUT2D eigenvalue weighted by atomic mass is 10.0. The molecule has 1 atom stereocenters. The summed E-state index contributed by atoms with van der Waals surface area (Å²) in [5, 5.41) is 8.07. The van der Waals surface area contributed by atoms with Crippen molar-refractivity contribution < 1.29 is 9.53 Å². The SMILES string of the molecule is CCc1nn(C)c(Cl)c1CN1CCC2(CNC(=O)CO2)C1. The van der Waals surface area contributed by atoms with Gasteiger partial charge >= 0.3 is 0 Å². The minimum atomic E-state index is -0.227. The van der Waals surface area contributed by atoms with Crippen molar-refractivity contribution in [3.8, 4) is 0 Å². The zero-order valence-corrected chi connectivity index (χ0v) is 13.2. The second-order valence-electron chi connectivity index (χ2n) is 5.90. The molecule has 1 aromatic heterocycles. The van der Waals surface area contributed by atoms with Crippen LogP contribution in [0, 0.1) is 0 Å². The molecule has 6 nitrogen and oxygen atoms in total. The standard InChI is InChI=1S/C14H21ClN4O2/c1-3-11-10(13(15)18(2)17-11)6-19-5-4-14(9-19)8-16-12(20)7-21-14/h3-9H2,1-2H3,(H,16,20). The van der Waals surface area contributed by atoms with Crippen LogP contribution in [0.4, 0.5) is 0 Å². The number of amides is 1. The van der Waals surface area contributed by atoms with Crippen molar-refractivity contribution in [1.82, 2.24) is 20.0 Å². The number of nitrogens with one attached hydrogen (secondary N) is 1. The summed E-state index contributed by atoms with van der Waals surface area (Å²) < 4.78 is 7.53. The molecule has 2 fully saturated rings. The Morgan fingerprint density at radius 3 is 3.00 bits per heavy atom. The lowest BCUT2D eigenvalue weighted by Gasteiger charge is -2.33. The number of aryl methyl sites for hydroxylation is 2. The van der Waals surface area contributed by atoms with Crippen molar-refractivity contribution >= 4 is 17.5 Å². The molecule has 2 aliphatic heterocycles. The second kappa shape index (κ2) is 5.59. The minimum absolute atomic E-state index is 0.0253. The van der Waals surface area contributed by atoms with E-state index in [1.54, 1.807) is 4.68 Å². The molecular weight excluding hydrogens is 292 g/mol. The van der Waals surface area contributed by atoms with Crippen molar-refractivity contribution in [2.75, 3.05) is 26.2 Å². The molecule has 0 saturated carbocycles. The Morgan fingerprint density at radius 1 is 1.52 bits per heavy atom. The number of aromatic nitrogens is 2. The molecular formula is C14H21ClN4O2. The molecule has 1 amide bonds. The lowest BCUT2D eigenvalue weighted by Crippen LogP contribution is -2.53. The number of hydrogen-bond donors (Lipinski definition) is 1. The summed E-state index contributed by atoms with van der Waals surface area (Å²) in [4.78, 5) is 13.6. The first-order chi connectivity index (χ1) is 10.0. The quantitative estimate of drug-likeness (QED) is 0.894. The molecule has 1 N–H and O–H groups in total. The van der Waals surface area contributed by atoms with E-state index in [2.05, 4.69) is 22.2 Å². The third kappa shape index (κ3) is 2.80. The maximum Gasteiger partial charge on any atom is 0.246 e. The van der Waals surface area contributed by atoms with Crippen LogP contribution in [-0.2, 0) is 29.5 Å². The maximum absolute atomic E-state index is 11.2. The van der Waals surface area contributed by atoms with Crippen molar-refractivity contribution in [2.45, 2.75) is 31.9 Å². The van der Waals surface area contributed by atoms with Crippen molar-refractivity contribution in [2.24, 2.45) is 7.05 Å². The number of likely N-dealkylation sites (tertiary alicyclic amines) is 1. The highest BCUT2D eigenvalue weighted by Crippen LogP contribution is 2.30. The number of nitrogens with zero attached hydrogens (tertiary/aromatic N) is 3. The highest BCUT2D eigenvalue weighted by Gasteiger charge is 2.42. The monoisotopic (exact) mass is 312 g/mol. The Hall–Kier alpha value is -1.11. The largest absolute Gasteiger partial charge is 0.362 e. The Labute approximate surface area is 129 Å². The van der Waals surface area contributed by atoms with Gasteiger partial charge in [-0.15, -0.1) is 0 Å². The normalized spacial score (nSPS) is 26.5. The van der Waals surface area contributed by atoms with Gasteiger partial charge in [-0.05, 0) is 12.8 Å². The first kappa shape index (κ1) is 14.8. The average Bonchev–Trinajstić information content (AvgIpc) is 2.99. The molecule has 0 radical (unpaired) electrons. The van der Waals surface area contributed by atoms with Crippen molar-refractivity contribution in [3.63, 3.8) is 0 Å². The molecule has 21 heavy (non-hydrogen) atoms. The zero-order chi connectivity index (χ0) is 15.0. The van der Waals surface area contributed by atoms with Gasteiger partial charge in [0.05, 0.1) is 11.3 Å². The predicted molar refractivity (Wildman–Crippen MR) is 79.2 cm³/mol.